The van der Waals surface area contributed by atoms with Crippen molar-refractivity contribution < 1.29 is 22.7 Å². The average Bonchev–Trinajstić information content (AvgIpc) is 3.04. The number of ether oxygens (including phenoxy) is 1. The molecular weight excluding hydrogens is 662 g/mol. The molecule has 1 atom stereocenters. The molecule has 1 saturated carbocycles. The summed E-state index contributed by atoms with van der Waals surface area (Å²) in [6, 6.07) is 20.1. The Balaban J connectivity index is 1.71. The second-order valence-corrected chi connectivity index (χ2v) is 14.4. The zero-order chi connectivity index (χ0) is 31.7. The molecule has 3 aromatic rings. The fourth-order valence-electron chi connectivity index (χ4n) is 5.27. The van der Waals surface area contributed by atoms with Crippen molar-refractivity contribution >= 4 is 55.2 Å². The van der Waals surface area contributed by atoms with E-state index in [1.807, 2.05) is 37.4 Å². The maximum Gasteiger partial charge on any atom is 0.264 e. The number of para-hydroxylation sites is 2. The second kappa shape index (κ2) is 15.8. The Hall–Kier alpha value is -3.02. The number of carbonyl (C=O) groups is 2. The first-order chi connectivity index (χ1) is 21.1. The summed E-state index contributed by atoms with van der Waals surface area (Å²) in [6.45, 7) is 3.44. The number of anilines is 1. The molecule has 1 unspecified atom stereocenters. The van der Waals surface area contributed by atoms with Gasteiger partial charge in [-0.2, -0.15) is 0 Å². The number of amides is 2. The normalized spacial score (nSPS) is 14.5. The molecule has 2 amide bonds. The maximum atomic E-state index is 14.3. The van der Waals surface area contributed by atoms with E-state index in [2.05, 4.69) is 21.2 Å². The Morgan fingerprint density at radius 1 is 1.00 bits per heavy atom. The fraction of sp³-hybridized carbons (Fsp3) is 0.394. The van der Waals surface area contributed by atoms with Gasteiger partial charge >= 0.3 is 0 Å². The largest absolute Gasteiger partial charge is 0.492 e. The number of benzene rings is 3. The highest BCUT2D eigenvalue weighted by atomic mass is 79.9. The summed E-state index contributed by atoms with van der Waals surface area (Å²) in [5, 5.41) is 3.13. The zero-order valence-electron chi connectivity index (χ0n) is 25.4. The van der Waals surface area contributed by atoms with Crippen LogP contribution in [0.4, 0.5) is 5.69 Å². The third-order valence-electron chi connectivity index (χ3n) is 7.75. The van der Waals surface area contributed by atoms with Crippen LogP contribution in [0.2, 0.25) is 0 Å². The summed E-state index contributed by atoms with van der Waals surface area (Å²) in [6.07, 6.45) is 7.01. The molecule has 0 radical (unpaired) electrons. The lowest BCUT2D eigenvalue weighted by Crippen LogP contribution is -2.53. The van der Waals surface area contributed by atoms with Crippen LogP contribution in [0.3, 0.4) is 0 Å². The summed E-state index contributed by atoms with van der Waals surface area (Å²) < 4.78 is 36.2. The first-order valence-corrected chi connectivity index (χ1v) is 18.3. The molecule has 0 aromatic heterocycles. The quantitative estimate of drug-likeness (QED) is 0.201. The SMILES string of the molecule is CCOc1ccccc1N(CC(=O)N(Cc1ccc(Br)cc1)C(C)C(=O)NC1CCCCC1)S(=O)(=O)c1ccc(SC)cc1. The highest BCUT2D eigenvalue weighted by Crippen LogP contribution is 2.33. The molecule has 0 heterocycles. The van der Waals surface area contributed by atoms with E-state index in [4.69, 9.17) is 4.74 Å². The smallest absolute Gasteiger partial charge is 0.264 e. The van der Waals surface area contributed by atoms with Gasteiger partial charge in [0.25, 0.3) is 10.0 Å². The van der Waals surface area contributed by atoms with E-state index in [9.17, 15) is 18.0 Å². The Kier molecular flexibility index (Phi) is 12.2. The number of hydrogen-bond donors (Lipinski definition) is 1. The fourth-order valence-corrected chi connectivity index (χ4v) is 7.36. The van der Waals surface area contributed by atoms with E-state index >= 15 is 0 Å². The van der Waals surface area contributed by atoms with Crippen molar-refractivity contribution in [2.45, 2.75) is 74.4 Å². The number of hydrogen-bond acceptors (Lipinski definition) is 6. The van der Waals surface area contributed by atoms with Gasteiger partial charge in [0, 0.05) is 22.0 Å². The van der Waals surface area contributed by atoms with Crippen LogP contribution in [0.1, 0.15) is 51.5 Å². The monoisotopic (exact) mass is 701 g/mol. The molecule has 11 heteroatoms. The van der Waals surface area contributed by atoms with E-state index in [-0.39, 0.29) is 29.1 Å². The van der Waals surface area contributed by atoms with Crippen LogP contribution in [0.25, 0.3) is 0 Å². The molecule has 0 saturated heterocycles. The molecule has 1 aliphatic carbocycles. The molecule has 44 heavy (non-hydrogen) atoms. The minimum Gasteiger partial charge on any atom is -0.492 e. The molecule has 4 rings (SSSR count). The molecule has 236 valence electrons. The molecule has 0 spiro atoms. The van der Waals surface area contributed by atoms with Gasteiger partial charge in [-0.1, -0.05) is 59.5 Å². The standard InChI is InChI=1S/C33H40BrN3O5S2/c1-4-42-31-13-9-8-12-30(31)37(44(40,41)29-20-18-28(43-3)19-21-29)23-32(38)36(22-25-14-16-26(34)17-15-25)24(2)33(39)35-27-10-6-5-7-11-27/h8-9,12-21,24,27H,4-7,10-11,22-23H2,1-3H3,(H,35,39). The molecule has 0 aliphatic heterocycles. The Labute approximate surface area is 273 Å². The van der Waals surface area contributed by atoms with E-state index < -0.39 is 28.5 Å². The van der Waals surface area contributed by atoms with Crippen LogP contribution in [-0.4, -0.2) is 56.6 Å². The minimum atomic E-state index is -4.21. The summed E-state index contributed by atoms with van der Waals surface area (Å²) in [7, 11) is -4.21. The van der Waals surface area contributed by atoms with E-state index in [0.29, 0.717) is 12.4 Å². The molecular formula is C33H40BrN3O5S2. The Bertz CT molecular complexity index is 1510. The van der Waals surface area contributed by atoms with E-state index in [0.717, 1.165) is 51.3 Å². The third-order valence-corrected chi connectivity index (χ3v) is 10.8. The number of halogens is 1. The van der Waals surface area contributed by atoms with Gasteiger partial charge < -0.3 is 15.0 Å². The van der Waals surface area contributed by atoms with E-state index in [1.54, 1.807) is 55.5 Å². The number of nitrogens with one attached hydrogen (secondary N) is 1. The molecule has 3 aromatic carbocycles. The van der Waals surface area contributed by atoms with Crippen molar-refractivity contribution in [2.24, 2.45) is 0 Å². The van der Waals surface area contributed by atoms with Gasteiger partial charge in [-0.15, -0.1) is 11.8 Å². The average molecular weight is 703 g/mol. The first kappa shape index (κ1) is 33.9. The second-order valence-electron chi connectivity index (χ2n) is 10.8. The first-order valence-electron chi connectivity index (χ1n) is 14.9. The van der Waals surface area contributed by atoms with Crippen LogP contribution in [-0.2, 0) is 26.2 Å². The summed E-state index contributed by atoms with van der Waals surface area (Å²) >= 11 is 4.95. The summed E-state index contributed by atoms with van der Waals surface area (Å²) in [5.41, 5.74) is 1.06. The number of thioether (sulfide) groups is 1. The van der Waals surface area contributed by atoms with Crippen LogP contribution in [0, 0.1) is 0 Å². The van der Waals surface area contributed by atoms with Crippen LogP contribution >= 0.6 is 27.7 Å². The van der Waals surface area contributed by atoms with Crippen molar-refractivity contribution in [3.8, 4) is 5.75 Å². The summed E-state index contributed by atoms with van der Waals surface area (Å²) in [4.78, 5) is 30.2. The zero-order valence-corrected chi connectivity index (χ0v) is 28.6. The van der Waals surface area contributed by atoms with Crippen molar-refractivity contribution in [1.29, 1.82) is 0 Å². The molecule has 1 aliphatic rings. The highest BCUT2D eigenvalue weighted by Gasteiger charge is 2.34. The maximum absolute atomic E-state index is 14.3. The van der Waals surface area contributed by atoms with Gasteiger partial charge in [-0.05, 0) is 87.0 Å². The topological polar surface area (TPSA) is 96.0 Å². The number of nitrogens with zero attached hydrogens (tertiary/aromatic N) is 2. The molecule has 0 bridgehead atoms. The van der Waals surface area contributed by atoms with Crippen LogP contribution in [0.5, 0.6) is 5.75 Å². The molecule has 8 nitrogen and oxygen atoms in total. The third kappa shape index (κ3) is 8.57. The lowest BCUT2D eigenvalue weighted by atomic mass is 9.95. The molecule has 1 N–H and O–H groups in total. The van der Waals surface area contributed by atoms with Gasteiger partial charge in [-0.3, -0.25) is 13.9 Å². The van der Waals surface area contributed by atoms with Crippen LogP contribution < -0.4 is 14.4 Å². The predicted octanol–water partition coefficient (Wildman–Crippen LogP) is 6.63. The van der Waals surface area contributed by atoms with Gasteiger partial charge in [0.05, 0.1) is 17.2 Å². The van der Waals surface area contributed by atoms with Gasteiger partial charge in [0.15, 0.2) is 0 Å². The summed E-state index contributed by atoms with van der Waals surface area (Å²) in [5.74, 6) is -0.413. The van der Waals surface area contributed by atoms with E-state index in [1.165, 1.54) is 16.7 Å². The Morgan fingerprint density at radius 3 is 2.30 bits per heavy atom. The van der Waals surface area contributed by atoms with Gasteiger partial charge in [0.1, 0.15) is 18.3 Å². The van der Waals surface area contributed by atoms with Crippen molar-refractivity contribution in [2.75, 3.05) is 23.7 Å². The number of sulfonamides is 1. The van der Waals surface area contributed by atoms with Crippen molar-refractivity contribution in [3.63, 3.8) is 0 Å². The number of rotatable bonds is 13. The van der Waals surface area contributed by atoms with Gasteiger partial charge in [0.2, 0.25) is 11.8 Å². The molecule has 1 fully saturated rings. The predicted molar refractivity (Wildman–Crippen MR) is 180 cm³/mol. The van der Waals surface area contributed by atoms with Crippen molar-refractivity contribution in [1.82, 2.24) is 10.2 Å². The van der Waals surface area contributed by atoms with Gasteiger partial charge in [-0.25, -0.2) is 8.42 Å². The Morgan fingerprint density at radius 2 is 1.66 bits per heavy atom. The minimum absolute atomic E-state index is 0.0527. The number of carbonyl (C=O) groups excluding carboxylic acids is 2. The van der Waals surface area contributed by atoms with Crippen molar-refractivity contribution in [3.05, 3.63) is 82.8 Å². The lowest BCUT2D eigenvalue weighted by molar-refractivity contribution is -0.139. The van der Waals surface area contributed by atoms with Crippen LogP contribution in [0.15, 0.2) is 87.1 Å². The lowest BCUT2D eigenvalue weighted by Gasteiger charge is -2.33. The highest BCUT2D eigenvalue weighted by molar-refractivity contribution is 9.10.